The van der Waals surface area contributed by atoms with Crippen molar-refractivity contribution < 1.29 is 74.2 Å². The van der Waals surface area contributed by atoms with Crippen LogP contribution in [0.15, 0.2) is 22.8 Å². The molecule has 6 N–H and O–H groups in total. The van der Waals surface area contributed by atoms with Crippen molar-refractivity contribution in [1.82, 2.24) is 10.3 Å². The van der Waals surface area contributed by atoms with E-state index in [0.29, 0.717) is 15.4 Å². The van der Waals surface area contributed by atoms with Crippen LogP contribution in [0.3, 0.4) is 0 Å². The summed E-state index contributed by atoms with van der Waals surface area (Å²) in [4.78, 5) is 26.6. The summed E-state index contributed by atoms with van der Waals surface area (Å²) in [6.45, 7) is 0.247. The van der Waals surface area contributed by atoms with Crippen molar-refractivity contribution in [2.24, 2.45) is 0 Å². The van der Waals surface area contributed by atoms with Gasteiger partial charge in [-0.15, -0.1) is 0 Å². The third-order valence-electron chi connectivity index (χ3n) is 5.15. The summed E-state index contributed by atoms with van der Waals surface area (Å²) in [5.74, 6) is -5.16. The molecular weight excluding hydrogens is 539 g/mol. The van der Waals surface area contributed by atoms with Gasteiger partial charge in [-0.25, -0.2) is 0 Å². The Morgan fingerprint density at radius 1 is 1.45 bits per heavy atom. The van der Waals surface area contributed by atoms with E-state index in [9.17, 15) is 35.1 Å². The standard InChI is InChI=1S/C19H22BrClN2O9.Na/c1-7(25)23-15-10(26)4-19(18(29)30,32-17(15)16(28)11(27)6-24)31-12-5-22-9-3-2-8(20)14(21)13(9)12;/h2-3,5,10-11,15-17,22,24,26-28H,4,6H2,1H3,(H,23,25)(H,29,30);/q;+1/p-1/t10?,11?,15?,16?,17?,19-;/m1./s1. The molecule has 1 aliphatic rings. The number of carbonyl (C=O) groups excluding carboxylic acids is 2. The van der Waals surface area contributed by atoms with E-state index in [1.165, 1.54) is 6.20 Å². The molecule has 33 heavy (non-hydrogen) atoms. The summed E-state index contributed by atoms with van der Waals surface area (Å²) in [5, 5.41) is 55.2. The molecule has 1 amide bonds. The fraction of sp³-hybridized carbons (Fsp3) is 0.474. The zero-order valence-electron chi connectivity index (χ0n) is 17.6. The first kappa shape index (κ1) is 28.3. The number of amides is 1. The Hall–Kier alpha value is -0.930. The Kier molecular flexibility index (Phi) is 9.61. The van der Waals surface area contributed by atoms with Crippen LogP contribution in [-0.2, 0) is 14.3 Å². The molecule has 0 saturated carbocycles. The van der Waals surface area contributed by atoms with Gasteiger partial charge < -0.3 is 50.1 Å². The minimum Gasteiger partial charge on any atom is -0.543 e. The fourth-order valence-corrected chi connectivity index (χ4v) is 4.20. The van der Waals surface area contributed by atoms with Crippen molar-refractivity contribution >= 4 is 50.3 Å². The van der Waals surface area contributed by atoms with E-state index in [2.05, 4.69) is 26.2 Å². The number of aromatic nitrogens is 1. The number of aromatic amines is 1. The molecule has 176 valence electrons. The molecule has 0 radical (unpaired) electrons. The fourth-order valence-electron chi connectivity index (χ4n) is 3.61. The Balaban J connectivity index is 0.00000385. The summed E-state index contributed by atoms with van der Waals surface area (Å²) < 4.78 is 11.7. The van der Waals surface area contributed by atoms with Gasteiger partial charge in [0.25, 0.3) is 5.79 Å². The Bertz CT molecular complexity index is 1020. The first-order chi connectivity index (χ1) is 15.0. The van der Waals surface area contributed by atoms with Gasteiger partial charge in [-0.1, -0.05) is 11.6 Å². The number of carboxylic acid groups (broad SMARTS) is 1. The normalized spacial score (nSPS) is 26.8. The molecule has 1 fully saturated rings. The first-order valence-corrected chi connectivity index (χ1v) is 10.6. The summed E-state index contributed by atoms with van der Waals surface area (Å²) in [6, 6.07) is 2.01. The minimum absolute atomic E-state index is 0. The molecule has 14 heteroatoms. The smallest absolute Gasteiger partial charge is 0.543 e. The second-order valence-electron chi connectivity index (χ2n) is 7.40. The zero-order chi connectivity index (χ0) is 23.8. The number of halogens is 2. The summed E-state index contributed by atoms with van der Waals surface area (Å²) in [7, 11) is 0. The number of H-pyrrole nitrogens is 1. The number of hydrogen-bond acceptors (Lipinski definition) is 9. The second-order valence-corrected chi connectivity index (χ2v) is 8.63. The molecule has 1 aliphatic heterocycles. The average molecular weight is 560 g/mol. The van der Waals surface area contributed by atoms with Crippen molar-refractivity contribution in [3.05, 3.63) is 27.8 Å². The maximum absolute atomic E-state index is 12.2. The van der Waals surface area contributed by atoms with Crippen LogP contribution in [0, 0.1) is 0 Å². The van der Waals surface area contributed by atoms with Crippen LogP contribution in [0.1, 0.15) is 13.3 Å². The van der Waals surface area contributed by atoms with Gasteiger partial charge in [-0.3, -0.25) is 4.79 Å². The largest absolute Gasteiger partial charge is 1.00 e. The molecule has 2 aromatic rings. The molecule has 6 atom stereocenters. The number of aliphatic carboxylic acids is 1. The van der Waals surface area contributed by atoms with Gasteiger partial charge in [0, 0.05) is 24.0 Å². The molecule has 0 aliphatic carbocycles. The predicted molar refractivity (Wildman–Crippen MR) is 112 cm³/mol. The van der Waals surface area contributed by atoms with Crippen molar-refractivity contribution in [3.8, 4) is 5.75 Å². The minimum atomic E-state index is -2.63. The van der Waals surface area contributed by atoms with E-state index in [4.69, 9.17) is 21.1 Å². The van der Waals surface area contributed by atoms with E-state index >= 15 is 0 Å². The molecule has 1 saturated heterocycles. The van der Waals surface area contributed by atoms with Crippen LogP contribution >= 0.6 is 27.5 Å². The molecule has 1 aromatic carbocycles. The quantitative estimate of drug-likeness (QED) is 0.183. The Labute approximate surface area is 223 Å². The molecular formula is C19H21BrClN2NaO9. The molecule has 11 nitrogen and oxygen atoms in total. The Morgan fingerprint density at radius 3 is 2.70 bits per heavy atom. The Morgan fingerprint density at radius 2 is 2.12 bits per heavy atom. The predicted octanol–water partition coefficient (Wildman–Crippen LogP) is -4.22. The number of carbonyl (C=O) groups is 2. The van der Waals surface area contributed by atoms with Gasteiger partial charge >= 0.3 is 29.6 Å². The van der Waals surface area contributed by atoms with Crippen LogP contribution in [0.2, 0.25) is 5.02 Å². The summed E-state index contributed by atoms with van der Waals surface area (Å²) in [5.41, 5.74) is 0.515. The molecule has 0 spiro atoms. The van der Waals surface area contributed by atoms with E-state index in [1.807, 2.05) is 0 Å². The molecule has 1 aromatic heterocycles. The molecule has 2 heterocycles. The monoisotopic (exact) mass is 558 g/mol. The number of hydrogen-bond donors (Lipinski definition) is 6. The van der Waals surface area contributed by atoms with E-state index in [0.717, 1.165) is 6.92 Å². The number of benzene rings is 1. The second kappa shape index (κ2) is 11.2. The van der Waals surface area contributed by atoms with Crippen molar-refractivity contribution in [2.45, 2.75) is 49.6 Å². The van der Waals surface area contributed by atoms with Crippen LogP contribution in [-0.4, -0.2) is 80.1 Å². The van der Waals surface area contributed by atoms with Gasteiger partial charge in [0.2, 0.25) is 5.91 Å². The number of carboxylic acids is 1. The van der Waals surface area contributed by atoms with Gasteiger partial charge in [-0.2, -0.15) is 0 Å². The van der Waals surface area contributed by atoms with E-state index in [1.54, 1.807) is 12.1 Å². The number of aliphatic hydroxyl groups excluding tert-OH is 4. The summed E-state index contributed by atoms with van der Waals surface area (Å²) in [6.07, 6.45) is -6.30. The van der Waals surface area contributed by atoms with Crippen LogP contribution in [0.25, 0.3) is 10.9 Å². The van der Waals surface area contributed by atoms with Crippen molar-refractivity contribution in [2.75, 3.05) is 6.61 Å². The molecule has 3 rings (SSSR count). The zero-order valence-corrected chi connectivity index (χ0v) is 22.0. The van der Waals surface area contributed by atoms with Gasteiger partial charge in [0.1, 0.15) is 30.0 Å². The number of nitrogens with one attached hydrogen (secondary N) is 2. The van der Waals surface area contributed by atoms with Crippen LogP contribution < -0.4 is 44.7 Å². The summed E-state index contributed by atoms with van der Waals surface area (Å²) >= 11 is 9.58. The first-order valence-electron chi connectivity index (χ1n) is 9.46. The van der Waals surface area contributed by atoms with E-state index in [-0.39, 0.29) is 40.3 Å². The van der Waals surface area contributed by atoms with Gasteiger partial charge in [0.15, 0.2) is 0 Å². The van der Waals surface area contributed by atoms with Crippen LogP contribution in [0.4, 0.5) is 0 Å². The molecule has 0 bridgehead atoms. The van der Waals surface area contributed by atoms with Crippen molar-refractivity contribution in [3.63, 3.8) is 0 Å². The topological polar surface area (TPSA) is 184 Å². The number of fused-ring (bicyclic) bond motifs is 1. The van der Waals surface area contributed by atoms with Crippen molar-refractivity contribution in [1.29, 1.82) is 0 Å². The molecule has 5 unspecified atom stereocenters. The van der Waals surface area contributed by atoms with Gasteiger partial charge in [0.05, 0.1) is 34.7 Å². The van der Waals surface area contributed by atoms with E-state index < -0.39 is 61.1 Å². The number of aliphatic hydroxyl groups is 4. The SMILES string of the molecule is CC(=O)NC1C(O)C[C@](Oc2c[nH]c3ccc(Br)c(Cl)c23)(C(=O)[O-])OC1C(O)C(O)CO.[Na+]. The van der Waals surface area contributed by atoms with Gasteiger partial charge in [-0.05, 0) is 28.1 Å². The third kappa shape index (κ3) is 5.67. The average Bonchev–Trinajstić information content (AvgIpc) is 3.14. The number of rotatable bonds is 7. The maximum atomic E-state index is 12.2. The maximum Gasteiger partial charge on any atom is 1.00 e. The van der Waals surface area contributed by atoms with Crippen LogP contribution in [0.5, 0.6) is 5.75 Å². The third-order valence-corrected chi connectivity index (χ3v) is 6.43. The number of ether oxygens (including phenoxy) is 2.